The average molecular weight is 201 g/mol. The topological polar surface area (TPSA) is 59.1 Å². The van der Waals surface area contributed by atoms with Gasteiger partial charge in [0.05, 0.1) is 6.61 Å². The molecule has 72 valence electrons. The zero-order valence-electron chi connectivity index (χ0n) is 7.50. The van der Waals surface area contributed by atoms with E-state index in [9.17, 15) is 0 Å². The minimum Gasteiger partial charge on any atom is -0.395 e. The lowest BCUT2D eigenvalue weighted by Gasteiger charge is -2.08. The highest BCUT2D eigenvalue weighted by atomic mass is 35.5. The molecule has 0 aliphatic heterocycles. The maximum Gasteiger partial charge on any atom is 0.129 e. The maximum absolute atomic E-state index is 8.76. The van der Waals surface area contributed by atoms with Gasteiger partial charge in [-0.3, -0.25) is 0 Å². The van der Waals surface area contributed by atoms with E-state index in [4.69, 9.17) is 22.4 Å². The normalized spacial score (nSPS) is 12.9. The standard InChI is InChI=1S/C9H13ClN2O/c1-6-2-7(3-8(11)5-13)4-9(10)12-6/h2,4,8,13H,3,5,11H2,1H3. The molecular weight excluding hydrogens is 188 g/mol. The quantitative estimate of drug-likeness (QED) is 0.713. The number of hydrogen-bond donors (Lipinski definition) is 2. The monoisotopic (exact) mass is 200 g/mol. The Hall–Kier alpha value is -0.640. The lowest BCUT2D eigenvalue weighted by molar-refractivity contribution is 0.265. The summed E-state index contributed by atoms with van der Waals surface area (Å²) in [6.07, 6.45) is 0.625. The van der Waals surface area contributed by atoms with Gasteiger partial charge >= 0.3 is 0 Å². The fourth-order valence-electron chi connectivity index (χ4n) is 1.18. The van der Waals surface area contributed by atoms with Crippen LogP contribution in [-0.2, 0) is 6.42 Å². The van der Waals surface area contributed by atoms with Crippen molar-refractivity contribution in [1.82, 2.24) is 4.98 Å². The Bertz CT molecular complexity index is 271. The van der Waals surface area contributed by atoms with Crippen molar-refractivity contribution in [3.8, 4) is 0 Å². The first-order valence-electron chi connectivity index (χ1n) is 4.11. The van der Waals surface area contributed by atoms with Crippen LogP contribution in [-0.4, -0.2) is 22.7 Å². The van der Waals surface area contributed by atoms with Gasteiger partial charge in [0.25, 0.3) is 0 Å². The summed E-state index contributed by atoms with van der Waals surface area (Å²) in [5.74, 6) is 0. The van der Waals surface area contributed by atoms with Gasteiger partial charge in [-0.25, -0.2) is 4.98 Å². The highest BCUT2D eigenvalue weighted by molar-refractivity contribution is 6.29. The largest absolute Gasteiger partial charge is 0.395 e. The van der Waals surface area contributed by atoms with E-state index in [-0.39, 0.29) is 12.6 Å². The third kappa shape index (κ3) is 3.30. The van der Waals surface area contributed by atoms with Gasteiger partial charge in [-0.1, -0.05) is 11.6 Å². The number of hydrogen-bond acceptors (Lipinski definition) is 3. The van der Waals surface area contributed by atoms with Crippen LogP contribution in [0.3, 0.4) is 0 Å². The Morgan fingerprint density at radius 3 is 2.85 bits per heavy atom. The second-order valence-corrected chi connectivity index (χ2v) is 3.47. The highest BCUT2D eigenvalue weighted by Crippen LogP contribution is 2.11. The summed E-state index contributed by atoms with van der Waals surface area (Å²) in [5.41, 5.74) is 7.47. The molecule has 1 atom stereocenters. The van der Waals surface area contributed by atoms with Gasteiger partial charge < -0.3 is 10.8 Å². The van der Waals surface area contributed by atoms with E-state index in [0.29, 0.717) is 11.6 Å². The Kier molecular flexibility index (Phi) is 3.66. The number of rotatable bonds is 3. The van der Waals surface area contributed by atoms with Crippen LogP contribution in [0.4, 0.5) is 0 Å². The molecule has 0 saturated carbocycles. The fourth-order valence-corrected chi connectivity index (χ4v) is 1.45. The zero-order valence-corrected chi connectivity index (χ0v) is 8.25. The highest BCUT2D eigenvalue weighted by Gasteiger charge is 2.04. The van der Waals surface area contributed by atoms with E-state index in [1.165, 1.54) is 0 Å². The van der Waals surface area contributed by atoms with E-state index < -0.39 is 0 Å². The van der Waals surface area contributed by atoms with E-state index in [1.54, 1.807) is 6.07 Å². The third-order valence-corrected chi connectivity index (χ3v) is 1.91. The average Bonchev–Trinajstić information content (AvgIpc) is 2.02. The Morgan fingerprint density at radius 1 is 1.62 bits per heavy atom. The van der Waals surface area contributed by atoms with Gasteiger partial charge in [-0.2, -0.15) is 0 Å². The molecule has 0 aromatic carbocycles. The van der Waals surface area contributed by atoms with Crippen molar-refractivity contribution in [2.75, 3.05) is 6.61 Å². The summed E-state index contributed by atoms with van der Waals surface area (Å²) < 4.78 is 0. The Morgan fingerprint density at radius 2 is 2.31 bits per heavy atom. The van der Waals surface area contributed by atoms with Crippen molar-refractivity contribution < 1.29 is 5.11 Å². The van der Waals surface area contributed by atoms with Gasteiger partial charge in [-0.15, -0.1) is 0 Å². The molecule has 0 aliphatic rings. The molecule has 0 spiro atoms. The molecule has 1 aromatic heterocycles. The van der Waals surface area contributed by atoms with Crippen molar-refractivity contribution >= 4 is 11.6 Å². The number of nitrogens with zero attached hydrogens (tertiary/aromatic N) is 1. The SMILES string of the molecule is Cc1cc(CC(N)CO)cc(Cl)n1. The van der Waals surface area contributed by atoms with Crippen LogP contribution < -0.4 is 5.73 Å². The minimum atomic E-state index is -0.224. The molecule has 1 unspecified atom stereocenters. The third-order valence-electron chi connectivity index (χ3n) is 1.71. The number of pyridine rings is 1. The summed E-state index contributed by atoms with van der Waals surface area (Å²) in [6, 6.07) is 3.46. The molecule has 0 amide bonds. The summed E-state index contributed by atoms with van der Waals surface area (Å²) in [5, 5.41) is 9.23. The Labute approximate surface area is 82.5 Å². The zero-order chi connectivity index (χ0) is 9.84. The van der Waals surface area contributed by atoms with Crippen LogP contribution in [0.2, 0.25) is 5.15 Å². The molecule has 3 N–H and O–H groups in total. The van der Waals surface area contributed by atoms with Crippen molar-refractivity contribution in [2.24, 2.45) is 5.73 Å². The van der Waals surface area contributed by atoms with E-state index in [1.807, 2.05) is 13.0 Å². The molecule has 0 radical (unpaired) electrons. The fraction of sp³-hybridized carbons (Fsp3) is 0.444. The summed E-state index contributed by atoms with van der Waals surface area (Å²) >= 11 is 5.76. The Balaban J connectivity index is 2.77. The predicted molar refractivity (Wildman–Crippen MR) is 52.7 cm³/mol. The number of aromatic nitrogens is 1. The van der Waals surface area contributed by atoms with Gasteiger partial charge in [0.15, 0.2) is 0 Å². The molecule has 3 nitrogen and oxygen atoms in total. The van der Waals surface area contributed by atoms with Gasteiger partial charge in [0.1, 0.15) is 5.15 Å². The number of nitrogens with two attached hydrogens (primary N) is 1. The van der Waals surface area contributed by atoms with Gasteiger partial charge in [-0.05, 0) is 31.0 Å². The van der Waals surface area contributed by atoms with Crippen LogP contribution in [0.15, 0.2) is 12.1 Å². The summed E-state index contributed by atoms with van der Waals surface area (Å²) in [6.45, 7) is 1.86. The smallest absolute Gasteiger partial charge is 0.129 e. The van der Waals surface area contributed by atoms with E-state index in [2.05, 4.69) is 4.98 Å². The summed E-state index contributed by atoms with van der Waals surface area (Å²) in [4.78, 5) is 4.03. The van der Waals surface area contributed by atoms with Crippen LogP contribution in [0.5, 0.6) is 0 Å². The molecule has 1 aromatic rings. The van der Waals surface area contributed by atoms with Gasteiger partial charge in [0.2, 0.25) is 0 Å². The first-order chi connectivity index (χ1) is 6.11. The lowest BCUT2D eigenvalue weighted by Crippen LogP contribution is -2.26. The van der Waals surface area contributed by atoms with Crippen molar-refractivity contribution in [3.63, 3.8) is 0 Å². The van der Waals surface area contributed by atoms with Crippen LogP contribution in [0.25, 0.3) is 0 Å². The molecule has 0 aliphatic carbocycles. The molecule has 1 heterocycles. The van der Waals surface area contributed by atoms with Crippen LogP contribution in [0, 0.1) is 6.92 Å². The van der Waals surface area contributed by atoms with Crippen LogP contribution >= 0.6 is 11.6 Å². The predicted octanol–water partition coefficient (Wildman–Crippen LogP) is 0.906. The first-order valence-corrected chi connectivity index (χ1v) is 4.49. The number of aliphatic hydroxyl groups excluding tert-OH is 1. The minimum absolute atomic E-state index is 0.0149. The van der Waals surface area contributed by atoms with Gasteiger partial charge in [0, 0.05) is 11.7 Å². The van der Waals surface area contributed by atoms with E-state index >= 15 is 0 Å². The number of halogens is 1. The lowest BCUT2D eigenvalue weighted by atomic mass is 10.1. The summed E-state index contributed by atoms with van der Waals surface area (Å²) in [7, 11) is 0. The maximum atomic E-state index is 8.76. The second kappa shape index (κ2) is 4.56. The van der Waals surface area contributed by atoms with Crippen molar-refractivity contribution in [3.05, 3.63) is 28.5 Å². The molecule has 0 fully saturated rings. The molecular formula is C9H13ClN2O. The molecule has 0 saturated heterocycles. The number of aryl methyl sites for hydroxylation is 1. The number of aliphatic hydroxyl groups is 1. The molecule has 4 heteroatoms. The molecule has 0 bridgehead atoms. The van der Waals surface area contributed by atoms with Crippen LogP contribution in [0.1, 0.15) is 11.3 Å². The first kappa shape index (κ1) is 10.4. The second-order valence-electron chi connectivity index (χ2n) is 3.09. The van der Waals surface area contributed by atoms with Crippen molar-refractivity contribution in [2.45, 2.75) is 19.4 Å². The van der Waals surface area contributed by atoms with Crippen molar-refractivity contribution in [1.29, 1.82) is 0 Å². The molecule has 13 heavy (non-hydrogen) atoms. The molecule has 1 rings (SSSR count). The van der Waals surface area contributed by atoms with E-state index in [0.717, 1.165) is 11.3 Å².